The number of allylic oxidation sites excluding steroid dienone is 1. The fraction of sp³-hybridized carbons (Fsp3) is 0.0556. The molecule has 2 aromatic carbocycles. The summed E-state index contributed by atoms with van der Waals surface area (Å²) in [6.45, 7) is 3.71. The number of para-hydroxylation sites is 1. The third-order valence-electron chi connectivity index (χ3n) is 3.46. The van der Waals surface area contributed by atoms with Gasteiger partial charge in [0.2, 0.25) is 11.2 Å². The molecule has 1 heterocycles. The van der Waals surface area contributed by atoms with E-state index in [9.17, 15) is 9.90 Å². The van der Waals surface area contributed by atoms with Gasteiger partial charge in [-0.3, -0.25) is 4.79 Å². The maximum absolute atomic E-state index is 12.4. The molecule has 3 rings (SSSR count). The van der Waals surface area contributed by atoms with E-state index in [1.54, 1.807) is 42.5 Å². The highest BCUT2D eigenvalue weighted by Crippen LogP contribution is 2.35. The maximum atomic E-state index is 12.4. The predicted octanol–water partition coefficient (Wildman–Crippen LogP) is 4.55. The molecule has 0 spiro atoms. The van der Waals surface area contributed by atoms with Crippen LogP contribution in [0, 0.1) is 0 Å². The van der Waals surface area contributed by atoms with E-state index in [4.69, 9.17) is 16.0 Å². The van der Waals surface area contributed by atoms with Crippen LogP contribution in [0.3, 0.4) is 0 Å². The lowest BCUT2D eigenvalue weighted by atomic mass is 10.1. The highest BCUT2D eigenvalue weighted by atomic mass is 35.5. The Morgan fingerprint density at radius 3 is 2.68 bits per heavy atom. The minimum absolute atomic E-state index is 0.0830. The molecule has 0 bridgehead atoms. The summed E-state index contributed by atoms with van der Waals surface area (Å²) >= 11 is 6.15. The first-order chi connectivity index (χ1) is 10.6. The Labute approximate surface area is 132 Å². The van der Waals surface area contributed by atoms with Crippen LogP contribution in [0.5, 0.6) is 5.75 Å². The summed E-state index contributed by atoms with van der Waals surface area (Å²) in [4.78, 5) is 12.4. The highest BCUT2D eigenvalue weighted by molar-refractivity contribution is 6.33. The summed E-state index contributed by atoms with van der Waals surface area (Å²) in [7, 11) is 0. The lowest BCUT2D eigenvalue weighted by Crippen LogP contribution is -2.04. The van der Waals surface area contributed by atoms with Crippen molar-refractivity contribution in [1.29, 1.82) is 0 Å². The minimum Gasteiger partial charge on any atom is -0.502 e. The number of fused-ring (bicyclic) bond motifs is 1. The van der Waals surface area contributed by atoms with Crippen LogP contribution in [0.4, 0.5) is 0 Å². The Kier molecular flexibility index (Phi) is 3.73. The van der Waals surface area contributed by atoms with Gasteiger partial charge in [0.15, 0.2) is 5.76 Å². The van der Waals surface area contributed by atoms with Crippen LogP contribution >= 0.6 is 11.6 Å². The number of rotatable bonds is 3. The van der Waals surface area contributed by atoms with Gasteiger partial charge < -0.3 is 9.52 Å². The van der Waals surface area contributed by atoms with Crippen molar-refractivity contribution in [2.75, 3.05) is 0 Å². The lowest BCUT2D eigenvalue weighted by Gasteiger charge is -2.09. The molecule has 0 saturated carbocycles. The van der Waals surface area contributed by atoms with Crippen molar-refractivity contribution in [3.63, 3.8) is 0 Å². The third-order valence-corrected chi connectivity index (χ3v) is 3.79. The molecule has 110 valence electrons. The van der Waals surface area contributed by atoms with Crippen molar-refractivity contribution >= 4 is 22.6 Å². The van der Waals surface area contributed by atoms with Gasteiger partial charge in [-0.1, -0.05) is 41.9 Å². The van der Waals surface area contributed by atoms with E-state index in [2.05, 4.69) is 6.58 Å². The van der Waals surface area contributed by atoms with Crippen LogP contribution in [0.1, 0.15) is 5.56 Å². The SMILES string of the molecule is C=CCc1cccc2c(=O)c(O)c(-c3ccccc3Cl)oc12. The van der Waals surface area contributed by atoms with Crippen molar-refractivity contribution in [3.8, 4) is 17.1 Å². The van der Waals surface area contributed by atoms with Gasteiger partial charge in [0.25, 0.3) is 0 Å². The highest BCUT2D eigenvalue weighted by Gasteiger charge is 2.18. The van der Waals surface area contributed by atoms with Gasteiger partial charge in [0.1, 0.15) is 5.58 Å². The number of halogens is 1. The van der Waals surface area contributed by atoms with Gasteiger partial charge in [-0.2, -0.15) is 0 Å². The molecule has 1 N–H and O–H groups in total. The van der Waals surface area contributed by atoms with Gasteiger partial charge in [-0.05, 0) is 30.2 Å². The second-order valence-corrected chi connectivity index (χ2v) is 5.28. The van der Waals surface area contributed by atoms with Crippen molar-refractivity contribution < 1.29 is 9.52 Å². The zero-order valence-corrected chi connectivity index (χ0v) is 12.4. The van der Waals surface area contributed by atoms with Crippen molar-refractivity contribution in [2.24, 2.45) is 0 Å². The first-order valence-corrected chi connectivity index (χ1v) is 7.14. The zero-order chi connectivity index (χ0) is 15.7. The second kappa shape index (κ2) is 5.70. The third kappa shape index (κ3) is 2.30. The van der Waals surface area contributed by atoms with E-state index < -0.39 is 11.2 Å². The Morgan fingerprint density at radius 1 is 1.18 bits per heavy atom. The van der Waals surface area contributed by atoms with E-state index in [1.165, 1.54) is 0 Å². The molecular weight excluding hydrogens is 300 g/mol. The summed E-state index contributed by atoms with van der Waals surface area (Å²) in [6.07, 6.45) is 2.30. The van der Waals surface area contributed by atoms with E-state index in [0.717, 1.165) is 5.56 Å². The first kappa shape index (κ1) is 14.4. The normalized spacial score (nSPS) is 10.8. The molecule has 22 heavy (non-hydrogen) atoms. The Balaban J connectivity index is 2.40. The summed E-state index contributed by atoms with van der Waals surface area (Å²) < 4.78 is 5.84. The first-order valence-electron chi connectivity index (χ1n) is 6.77. The van der Waals surface area contributed by atoms with E-state index in [-0.39, 0.29) is 5.76 Å². The van der Waals surface area contributed by atoms with Crippen LogP contribution in [-0.4, -0.2) is 5.11 Å². The van der Waals surface area contributed by atoms with Crippen molar-refractivity contribution in [1.82, 2.24) is 0 Å². The van der Waals surface area contributed by atoms with Gasteiger partial charge >= 0.3 is 0 Å². The monoisotopic (exact) mass is 312 g/mol. The molecule has 0 aliphatic rings. The average molecular weight is 313 g/mol. The average Bonchev–Trinajstić information content (AvgIpc) is 2.52. The summed E-state index contributed by atoms with van der Waals surface area (Å²) in [5.74, 6) is -0.351. The molecular formula is C18H13ClO3. The number of aromatic hydroxyl groups is 1. The quantitative estimate of drug-likeness (QED) is 0.722. The maximum Gasteiger partial charge on any atom is 0.235 e. The van der Waals surface area contributed by atoms with Gasteiger partial charge in [0.05, 0.1) is 10.4 Å². The summed E-state index contributed by atoms with van der Waals surface area (Å²) in [5, 5.41) is 11.0. The molecule has 0 atom stereocenters. The number of benzene rings is 2. The lowest BCUT2D eigenvalue weighted by molar-refractivity contribution is 0.449. The minimum atomic E-state index is -0.470. The van der Waals surface area contributed by atoms with Crippen LogP contribution < -0.4 is 5.43 Å². The standard InChI is InChI=1S/C18H13ClO3/c1-2-6-11-7-5-9-13-15(20)16(21)18(22-17(11)13)12-8-3-4-10-14(12)19/h2-5,7-10,21H,1,6H2. The molecule has 3 aromatic rings. The molecule has 0 unspecified atom stereocenters. The summed E-state index contributed by atoms with van der Waals surface area (Å²) in [6, 6.07) is 12.2. The van der Waals surface area contributed by atoms with Crippen LogP contribution in [0.25, 0.3) is 22.3 Å². The smallest absolute Gasteiger partial charge is 0.235 e. The second-order valence-electron chi connectivity index (χ2n) is 4.88. The Hall–Kier alpha value is -2.52. The van der Waals surface area contributed by atoms with Gasteiger partial charge in [-0.25, -0.2) is 0 Å². The van der Waals surface area contributed by atoms with Crippen LogP contribution in [0.15, 0.2) is 64.3 Å². The van der Waals surface area contributed by atoms with Crippen molar-refractivity contribution in [2.45, 2.75) is 6.42 Å². The molecule has 0 amide bonds. The van der Waals surface area contributed by atoms with E-state index in [1.807, 2.05) is 6.07 Å². The van der Waals surface area contributed by atoms with Crippen molar-refractivity contribution in [3.05, 3.63) is 75.9 Å². The fourth-order valence-corrected chi connectivity index (χ4v) is 2.63. The molecule has 3 nitrogen and oxygen atoms in total. The van der Waals surface area contributed by atoms with E-state index >= 15 is 0 Å². The predicted molar refractivity (Wildman–Crippen MR) is 88.5 cm³/mol. The molecule has 4 heteroatoms. The molecule has 0 aliphatic carbocycles. The topological polar surface area (TPSA) is 50.4 Å². The van der Waals surface area contributed by atoms with Gasteiger partial charge in [0, 0.05) is 5.56 Å². The molecule has 0 radical (unpaired) electrons. The molecule has 0 aliphatic heterocycles. The Bertz CT molecular complexity index is 925. The molecule has 0 saturated heterocycles. The van der Waals surface area contributed by atoms with Gasteiger partial charge in [-0.15, -0.1) is 6.58 Å². The van der Waals surface area contributed by atoms with E-state index in [0.29, 0.717) is 28.0 Å². The fourth-order valence-electron chi connectivity index (χ4n) is 2.41. The number of hydrogen-bond donors (Lipinski definition) is 1. The summed E-state index contributed by atoms with van der Waals surface area (Å²) in [5.41, 5.74) is 1.29. The molecule has 0 fully saturated rings. The van der Waals surface area contributed by atoms with Crippen LogP contribution in [-0.2, 0) is 6.42 Å². The Morgan fingerprint density at radius 2 is 1.95 bits per heavy atom. The van der Waals surface area contributed by atoms with Crippen LogP contribution in [0.2, 0.25) is 5.02 Å². The largest absolute Gasteiger partial charge is 0.502 e. The molecule has 1 aromatic heterocycles. The zero-order valence-electron chi connectivity index (χ0n) is 11.7. The number of hydrogen-bond acceptors (Lipinski definition) is 3.